The Morgan fingerprint density at radius 2 is 2.67 bits per heavy atom. The van der Waals surface area contributed by atoms with Crippen LogP contribution in [-0.2, 0) is 12.6 Å². The van der Waals surface area contributed by atoms with Gasteiger partial charge in [-0.2, -0.15) is 0 Å². The second-order valence-corrected chi connectivity index (χ2v) is 2.55. The third-order valence-electron chi connectivity index (χ3n) is 1.22. The van der Waals surface area contributed by atoms with Gasteiger partial charge in [-0.05, 0) is 6.42 Å². The molecule has 0 saturated carbocycles. The average molecular weight is 242 g/mol. The van der Waals surface area contributed by atoms with Gasteiger partial charge >= 0.3 is 5.97 Å². The topological polar surface area (TPSA) is 35.5 Å². The zero-order valence-corrected chi connectivity index (χ0v) is 6.96. The van der Waals surface area contributed by atoms with Crippen molar-refractivity contribution < 1.29 is 12.6 Å². The molecule has 1 saturated heterocycles. The number of cyclic esters (lactones) is 1. The number of rotatable bonds is 2. The van der Waals surface area contributed by atoms with Crippen LogP contribution in [0.3, 0.4) is 0 Å². The lowest BCUT2D eigenvalue weighted by Crippen LogP contribution is -2.11. The summed E-state index contributed by atoms with van der Waals surface area (Å²) in [5.74, 6) is -0.103. The zero-order valence-electron chi connectivity index (χ0n) is 4.80. The van der Waals surface area contributed by atoms with Gasteiger partial charge in [0.25, 0.3) is 0 Å². The molecule has 0 aromatic carbocycles. The van der Waals surface area contributed by atoms with E-state index in [1.165, 1.54) is 0 Å². The molecule has 1 aliphatic rings. The summed E-state index contributed by atoms with van der Waals surface area (Å²) in [5.41, 5.74) is 0. The SMILES string of the molecule is O=C1CCC(COI)O1. The third kappa shape index (κ3) is 2.09. The molecule has 1 aliphatic heterocycles. The van der Waals surface area contributed by atoms with E-state index in [4.69, 9.17) is 7.80 Å². The number of carbonyl (C=O) groups excluding carboxylic acids is 1. The molecule has 0 amide bonds. The van der Waals surface area contributed by atoms with Crippen LogP contribution in [0.5, 0.6) is 0 Å². The van der Waals surface area contributed by atoms with Crippen LogP contribution in [0.1, 0.15) is 12.8 Å². The summed E-state index contributed by atoms with van der Waals surface area (Å²) in [5, 5.41) is 0. The molecule has 1 fully saturated rings. The van der Waals surface area contributed by atoms with Crippen molar-refractivity contribution in [3.63, 3.8) is 0 Å². The van der Waals surface area contributed by atoms with E-state index < -0.39 is 0 Å². The fraction of sp³-hybridized carbons (Fsp3) is 0.800. The Kier molecular flexibility index (Phi) is 2.71. The second-order valence-electron chi connectivity index (χ2n) is 1.93. The predicted octanol–water partition coefficient (Wildman–Crippen LogP) is 1.06. The van der Waals surface area contributed by atoms with Crippen LogP contribution in [0.15, 0.2) is 0 Å². The van der Waals surface area contributed by atoms with Crippen LogP contribution >= 0.6 is 23.0 Å². The minimum Gasteiger partial charge on any atom is -0.460 e. The highest BCUT2D eigenvalue weighted by molar-refractivity contribution is 14.1. The number of halogens is 1. The Morgan fingerprint density at radius 3 is 3.11 bits per heavy atom. The lowest BCUT2D eigenvalue weighted by Gasteiger charge is -2.03. The van der Waals surface area contributed by atoms with E-state index >= 15 is 0 Å². The molecule has 1 rings (SSSR count). The van der Waals surface area contributed by atoms with E-state index in [0.717, 1.165) is 6.42 Å². The highest BCUT2D eigenvalue weighted by Gasteiger charge is 2.22. The normalized spacial score (nSPS) is 26.3. The van der Waals surface area contributed by atoms with Gasteiger partial charge in [0.2, 0.25) is 0 Å². The minimum atomic E-state index is -0.103. The standard InChI is InChI=1S/C5H7IO3/c6-8-3-4-1-2-5(7)9-4/h4H,1-3H2. The summed E-state index contributed by atoms with van der Waals surface area (Å²) < 4.78 is 9.60. The van der Waals surface area contributed by atoms with Gasteiger partial charge in [0.1, 0.15) is 29.1 Å². The molecule has 9 heavy (non-hydrogen) atoms. The molecule has 0 aliphatic carbocycles. The van der Waals surface area contributed by atoms with Gasteiger partial charge in [-0.15, -0.1) is 0 Å². The Hall–Kier alpha value is 0.160. The van der Waals surface area contributed by atoms with E-state index in [0.29, 0.717) is 13.0 Å². The molecule has 4 heteroatoms. The number of hydrogen-bond acceptors (Lipinski definition) is 3. The average Bonchev–Trinajstić information content (AvgIpc) is 2.17. The first-order valence-corrected chi connectivity index (χ1v) is 3.64. The van der Waals surface area contributed by atoms with Crippen LogP contribution in [0.2, 0.25) is 0 Å². The van der Waals surface area contributed by atoms with E-state index in [9.17, 15) is 4.79 Å². The molecular weight excluding hydrogens is 235 g/mol. The maximum atomic E-state index is 10.4. The molecule has 0 bridgehead atoms. The molecule has 0 N–H and O–H groups in total. The number of esters is 1. The smallest absolute Gasteiger partial charge is 0.306 e. The molecule has 0 spiro atoms. The van der Waals surface area contributed by atoms with Crippen LogP contribution in [0.4, 0.5) is 0 Å². The van der Waals surface area contributed by atoms with Gasteiger partial charge in [0, 0.05) is 6.42 Å². The molecule has 0 radical (unpaired) electrons. The lowest BCUT2D eigenvalue weighted by molar-refractivity contribution is -0.142. The molecule has 1 atom stereocenters. The lowest BCUT2D eigenvalue weighted by atomic mass is 10.2. The van der Waals surface area contributed by atoms with Gasteiger partial charge in [-0.25, -0.2) is 0 Å². The monoisotopic (exact) mass is 242 g/mol. The number of ether oxygens (including phenoxy) is 1. The molecule has 0 aromatic heterocycles. The summed E-state index contributed by atoms with van der Waals surface area (Å²) in [7, 11) is 0. The summed E-state index contributed by atoms with van der Waals surface area (Å²) in [4.78, 5) is 10.4. The molecule has 1 heterocycles. The second kappa shape index (κ2) is 3.36. The minimum absolute atomic E-state index is 0.00870. The van der Waals surface area contributed by atoms with Crippen LogP contribution in [0.25, 0.3) is 0 Å². The first-order valence-electron chi connectivity index (χ1n) is 2.76. The zero-order chi connectivity index (χ0) is 6.69. The molecular formula is C5H7IO3. The fourth-order valence-corrected chi connectivity index (χ4v) is 1.17. The Balaban J connectivity index is 2.22. The predicted molar refractivity (Wildman–Crippen MR) is 39.1 cm³/mol. The van der Waals surface area contributed by atoms with Gasteiger partial charge in [-0.3, -0.25) is 4.79 Å². The summed E-state index contributed by atoms with van der Waals surface area (Å²) >= 11 is 1.79. The van der Waals surface area contributed by atoms with Crippen LogP contribution < -0.4 is 0 Å². The number of carbonyl (C=O) groups is 1. The highest BCUT2D eigenvalue weighted by atomic mass is 127. The molecule has 3 nitrogen and oxygen atoms in total. The van der Waals surface area contributed by atoms with Crippen molar-refractivity contribution in [1.82, 2.24) is 0 Å². The van der Waals surface area contributed by atoms with Gasteiger partial charge < -0.3 is 7.80 Å². The Morgan fingerprint density at radius 1 is 1.89 bits per heavy atom. The van der Waals surface area contributed by atoms with Crippen molar-refractivity contribution in [2.45, 2.75) is 18.9 Å². The number of hydrogen-bond donors (Lipinski definition) is 0. The van der Waals surface area contributed by atoms with E-state index in [1.54, 1.807) is 23.0 Å². The third-order valence-corrected chi connectivity index (χ3v) is 1.58. The maximum Gasteiger partial charge on any atom is 0.306 e. The van der Waals surface area contributed by atoms with Crippen LogP contribution in [0, 0.1) is 0 Å². The van der Waals surface area contributed by atoms with Crippen molar-refractivity contribution >= 4 is 29.0 Å². The first-order chi connectivity index (χ1) is 4.33. The van der Waals surface area contributed by atoms with Crippen LogP contribution in [-0.4, -0.2) is 18.7 Å². The van der Waals surface area contributed by atoms with Crippen molar-refractivity contribution in [2.24, 2.45) is 0 Å². The van der Waals surface area contributed by atoms with Gasteiger partial charge in [0.05, 0.1) is 6.61 Å². The van der Waals surface area contributed by atoms with Gasteiger partial charge in [-0.1, -0.05) is 0 Å². The van der Waals surface area contributed by atoms with Crippen molar-refractivity contribution in [1.29, 1.82) is 0 Å². The molecule has 0 aromatic rings. The quantitative estimate of drug-likeness (QED) is 0.536. The van der Waals surface area contributed by atoms with Crippen molar-refractivity contribution in [3.05, 3.63) is 0 Å². The Bertz CT molecular complexity index is 115. The van der Waals surface area contributed by atoms with E-state index in [-0.39, 0.29) is 12.1 Å². The van der Waals surface area contributed by atoms with Crippen molar-refractivity contribution in [3.8, 4) is 0 Å². The molecule has 1 unspecified atom stereocenters. The summed E-state index contributed by atoms with van der Waals surface area (Å²) in [6.45, 7) is 0.520. The van der Waals surface area contributed by atoms with E-state index in [2.05, 4.69) is 0 Å². The summed E-state index contributed by atoms with van der Waals surface area (Å²) in [6, 6.07) is 0. The fourth-order valence-electron chi connectivity index (χ4n) is 0.770. The Labute approximate surface area is 67.4 Å². The maximum absolute atomic E-state index is 10.4. The van der Waals surface area contributed by atoms with E-state index in [1.807, 2.05) is 0 Å². The summed E-state index contributed by atoms with van der Waals surface area (Å²) in [6.07, 6.45) is 1.36. The van der Waals surface area contributed by atoms with Crippen molar-refractivity contribution in [2.75, 3.05) is 6.61 Å². The van der Waals surface area contributed by atoms with Gasteiger partial charge in [0.15, 0.2) is 0 Å². The molecule has 52 valence electrons. The first kappa shape index (κ1) is 7.27. The largest absolute Gasteiger partial charge is 0.460 e. The highest BCUT2D eigenvalue weighted by Crippen LogP contribution is 2.14.